The zero-order valence-electron chi connectivity index (χ0n) is 11.9. The van der Waals surface area contributed by atoms with Crippen LogP contribution in [0.3, 0.4) is 0 Å². The van der Waals surface area contributed by atoms with E-state index in [1.165, 1.54) is 16.7 Å². The van der Waals surface area contributed by atoms with Gasteiger partial charge in [-0.1, -0.05) is 39.0 Å². The molecule has 2 atom stereocenters. The summed E-state index contributed by atoms with van der Waals surface area (Å²) in [6.45, 7) is 7.10. The third kappa shape index (κ3) is 2.98. The van der Waals surface area contributed by atoms with Crippen LogP contribution < -0.4 is 5.32 Å². The molecule has 1 heterocycles. The molecule has 2 rings (SSSR count). The van der Waals surface area contributed by atoms with Crippen molar-refractivity contribution in [3.05, 3.63) is 34.9 Å². The van der Waals surface area contributed by atoms with Crippen molar-refractivity contribution in [2.75, 3.05) is 6.54 Å². The number of aliphatic carboxylic acids is 1. The monoisotopic (exact) mass is 261 g/mol. The van der Waals surface area contributed by atoms with E-state index in [4.69, 9.17) is 5.11 Å². The van der Waals surface area contributed by atoms with Gasteiger partial charge in [0.05, 0.1) is 5.92 Å². The predicted octanol–water partition coefficient (Wildman–Crippen LogP) is 3.11. The Morgan fingerprint density at radius 3 is 2.74 bits per heavy atom. The minimum atomic E-state index is -0.687. The van der Waals surface area contributed by atoms with Crippen LogP contribution >= 0.6 is 0 Å². The fraction of sp³-hybridized carbons (Fsp3) is 0.562. The Hall–Kier alpha value is -1.35. The van der Waals surface area contributed by atoms with Gasteiger partial charge in [0.25, 0.3) is 0 Å². The Bertz CT molecular complexity index is 468. The van der Waals surface area contributed by atoms with E-state index >= 15 is 0 Å². The summed E-state index contributed by atoms with van der Waals surface area (Å²) in [5.41, 5.74) is 3.94. The maximum atomic E-state index is 11.1. The molecular formula is C16H23NO2. The van der Waals surface area contributed by atoms with E-state index in [1.54, 1.807) is 0 Å². The highest BCUT2D eigenvalue weighted by Crippen LogP contribution is 2.31. The molecule has 1 aromatic rings. The predicted molar refractivity (Wildman–Crippen MR) is 76.4 cm³/mol. The molecule has 1 aliphatic heterocycles. The number of hydrogen-bond donors (Lipinski definition) is 2. The molecule has 3 nitrogen and oxygen atoms in total. The summed E-state index contributed by atoms with van der Waals surface area (Å²) in [6.07, 6.45) is 1.69. The third-order valence-corrected chi connectivity index (χ3v) is 4.07. The third-order valence-electron chi connectivity index (χ3n) is 4.07. The number of hydrogen-bond acceptors (Lipinski definition) is 2. The molecule has 0 aromatic heterocycles. The first-order valence-corrected chi connectivity index (χ1v) is 7.11. The van der Waals surface area contributed by atoms with Crippen molar-refractivity contribution >= 4 is 5.97 Å². The maximum absolute atomic E-state index is 11.1. The highest BCUT2D eigenvalue weighted by Gasteiger charge is 2.31. The van der Waals surface area contributed by atoms with Crippen molar-refractivity contribution in [2.45, 2.75) is 45.6 Å². The molecule has 0 saturated carbocycles. The van der Waals surface area contributed by atoms with Gasteiger partial charge in [0, 0.05) is 12.6 Å². The quantitative estimate of drug-likeness (QED) is 0.875. The van der Waals surface area contributed by atoms with Crippen LogP contribution in [0.5, 0.6) is 0 Å². The normalized spacial score (nSPS) is 22.9. The summed E-state index contributed by atoms with van der Waals surface area (Å²) in [7, 11) is 0. The summed E-state index contributed by atoms with van der Waals surface area (Å²) < 4.78 is 0. The Balaban J connectivity index is 2.28. The fourth-order valence-corrected chi connectivity index (χ4v) is 2.78. The molecule has 3 heteroatoms. The Labute approximate surface area is 115 Å². The lowest BCUT2D eigenvalue weighted by molar-refractivity contribution is -0.141. The second-order valence-corrected chi connectivity index (χ2v) is 5.70. The SMILES string of the molecule is CCc1ccc(C(C)C)cc1C1CC(C(=O)O)CN1. The summed E-state index contributed by atoms with van der Waals surface area (Å²) in [5.74, 6) is -0.438. The average molecular weight is 261 g/mol. The van der Waals surface area contributed by atoms with Gasteiger partial charge in [-0.3, -0.25) is 4.79 Å². The fourth-order valence-electron chi connectivity index (χ4n) is 2.78. The van der Waals surface area contributed by atoms with E-state index in [9.17, 15) is 4.79 Å². The molecule has 1 saturated heterocycles. The molecule has 0 amide bonds. The van der Waals surface area contributed by atoms with E-state index in [-0.39, 0.29) is 12.0 Å². The van der Waals surface area contributed by atoms with E-state index in [1.807, 2.05) is 0 Å². The van der Waals surface area contributed by atoms with Gasteiger partial charge < -0.3 is 10.4 Å². The van der Waals surface area contributed by atoms with E-state index < -0.39 is 5.97 Å². The number of carboxylic acids is 1. The summed E-state index contributed by atoms with van der Waals surface area (Å²) >= 11 is 0. The van der Waals surface area contributed by atoms with Crippen LogP contribution in [0, 0.1) is 5.92 Å². The van der Waals surface area contributed by atoms with Crippen LogP contribution in [-0.4, -0.2) is 17.6 Å². The molecule has 19 heavy (non-hydrogen) atoms. The first-order chi connectivity index (χ1) is 9.02. The number of carbonyl (C=O) groups is 1. The zero-order valence-corrected chi connectivity index (χ0v) is 11.9. The lowest BCUT2D eigenvalue weighted by Gasteiger charge is -2.18. The minimum Gasteiger partial charge on any atom is -0.481 e. The molecular weight excluding hydrogens is 238 g/mol. The van der Waals surface area contributed by atoms with E-state index in [0.717, 1.165) is 6.42 Å². The number of aryl methyl sites for hydroxylation is 1. The molecule has 1 fully saturated rings. The largest absolute Gasteiger partial charge is 0.481 e. The topological polar surface area (TPSA) is 49.3 Å². The van der Waals surface area contributed by atoms with E-state index in [2.05, 4.69) is 44.3 Å². The van der Waals surface area contributed by atoms with Crippen molar-refractivity contribution in [1.82, 2.24) is 5.32 Å². The van der Waals surface area contributed by atoms with Crippen molar-refractivity contribution < 1.29 is 9.90 Å². The van der Waals surface area contributed by atoms with Crippen molar-refractivity contribution in [2.24, 2.45) is 5.92 Å². The number of nitrogens with one attached hydrogen (secondary N) is 1. The Morgan fingerprint density at radius 1 is 1.47 bits per heavy atom. The summed E-state index contributed by atoms with van der Waals surface area (Å²) in [5, 5.41) is 12.5. The van der Waals surface area contributed by atoms with Crippen molar-refractivity contribution in [1.29, 1.82) is 0 Å². The minimum absolute atomic E-state index is 0.190. The van der Waals surface area contributed by atoms with Gasteiger partial charge in [-0.25, -0.2) is 0 Å². The van der Waals surface area contributed by atoms with Crippen LogP contribution in [-0.2, 0) is 11.2 Å². The van der Waals surface area contributed by atoms with Crippen LogP contribution in [0.2, 0.25) is 0 Å². The van der Waals surface area contributed by atoms with Gasteiger partial charge in [-0.15, -0.1) is 0 Å². The molecule has 0 bridgehead atoms. The lowest BCUT2D eigenvalue weighted by atomic mass is 9.90. The van der Waals surface area contributed by atoms with Gasteiger partial charge in [0.1, 0.15) is 0 Å². The van der Waals surface area contributed by atoms with Gasteiger partial charge in [0.15, 0.2) is 0 Å². The van der Waals surface area contributed by atoms with Crippen LogP contribution in [0.15, 0.2) is 18.2 Å². The molecule has 0 radical (unpaired) electrons. The van der Waals surface area contributed by atoms with Crippen LogP contribution in [0.25, 0.3) is 0 Å². The van der Waals surface area contributed by atoms with E-state index in [0.29, 0.717) is 18.9 Å². The summed E-state index contributed by atoms with van der Waals surface area (Å²) in [4.78, 5) is 11.1. The second kappa shape index (κ2) is 5.74. The summed E-state index contributed by atoms with van der Waals surface area (Å²) in [6, 6.07) is 6.83. The first-order valence-electron chi connectivity index (χ1n) is 7.11. The molecule has 0 spiro atoms. The highest BCUT2D eigenvalue weighted by atomic mass is 16.4. The maximum Gasteiger partial charge on any atom is 0.307 e. The molecule has 2 N–H and O–H groups in total. The Morgan fingerprint density at radius 2 is 2.21 bits per heavy atom. The van der Waals surface area contributed by atoms with Gasteiger partial charge in [-0.05, 0) is 35.4 Å². The van der Waals surface area contributed by atoms with Crippen LogP contribution in [0.1, 0.15) is 55.8 Å². The second-order valence-electron chi connectivity index (χ2n) is 5.70. The Kier molecular flexibility index (Phi) is 4.25. The molecule has 1 aliphatic rings. The smallest absolute Gasteiger partial charge is 0.307 e. The molecule has 2 unspecified atom stereocenters. The average Bonchev–Trinajstić information content (AvgIpc) is 2.87. The standard InChI is InChI=1S/C16H23NO2/c1-4-11-5-6-12(10(2)3)7-14(11)15-8-13(9-17-15)16(18)19/h5-7,10,13,15,17H,4,8-9H2,1-3H3,(H,18,19). The molecule has 1 aromatic carbocycles. The molecule has 104 valence electrons. The zero-order chi connectivity index (χ0) is 14.0. The van der Waals surface area contributed by atoms with Crippen LogP contribution in [0.4, 0.5) is 0 Å². The first kappa shape index (κ1) is 14.1. The number of carboxylic acid groups (broad SMARTS) is 1. The number of benzene rings is 1. The van der Waals surface area contributed by atoms with Crippen molar-refractivity contribution in [3.63, 3.8) is 0 Å². The van der Waals surface area contributed by atoms with Crippen molar-refractivity contribution in [3.8, 4) is 0 Å². The highest BCUT2D eigenvalue weighted by molar-refractivity contribution is 5.70. The van der Waals surface area contributed by atoms with Gasteiger partial charge in [0.2, 0.25) is 0 Å². The lowest BCUT2D eigenvalue weighted by Crippen LogP contribution is -2.18. The molecule has 0 aliphatic carbocycles. The van der Waals surface area contributed by atoms with Gasteiger partial charge in [-0.2, -0.15) is 0 Å². The number of rotatable bonds is 4. The van der Waals surface area contributed by atoms with Gasteiger partial charge >= 0.3 is 5.97 Å².